The van der Waals surface area contributed by atoms with Crippen LogP contribution >= 0.6 is 0 Å². The number of aromatic nitrogens is 2. The first-order valence-electron chi connectivity index (χ1n) is 9.40. The number of anilines is 2. The molecule has 3 aromatic carbocycles. The molecule has 7 heteroatoms. The highest BCUT2D eigenvalue weighted by Crippen LogP contribution is 2.24. The van der Waals surface area contributed by atoms with Crippen molar-refractivity contribution >= 4 is 28.3 Å². The van der Waals surface area contributed by atoms with E-state index in [4.69, 9.17) is 10.5 Å². The van der Waals surface area contributed by atoms with Crippen molar-refractivity contribution in [3.63, 3.8) is 0 Å². The zero-order chi connectivity index (χ0) is 21.6. The second kappa shape index (κ2) is 8.64. The number of fused-ring (bicyclic) bond motifs is 1. The molecule has 0 saturated heterocycles. The van der Waals surface area contributed by atoms with Crippen LogP contribution in [0.1, 0.15) is 10.4 Å². The summed E-state index contributed by atoms with van der Waals surface area (Å²) in [5.41, 5.74) is 4.48. The van der Waals surface area contributed by atoms with Crippen LogP contribution in [0, 0.1) is 22.7 Å². The lowest BCUT2D eigenvalue weighted by atomic mass is 10.1. The number of benzene rings is 3. The maximum Gasteiger partial charge on any atom is 0.255 e. The van der Waals surface area contributed by atoms with Gasteiger partial charge in [-0.15, -0.1) is 0 Å². The molecule has 1 aromatic heterocycles. The van der Waals surface area contributed by atoms with Crippen LogP contribution in [0.5, 0.6) is 0 Å². The quantitative estimate of drug-likeness (QED) is 0.412. The van der Waals surface area contributed by atoms with E-state index in [1.165, 1.54) is 6.20 Å². The van der Waals surface area contributed by atoms with Gasteiger partial charge in [-0.25, -0.2) is 4.98 Å². The number of nitrogens with zero attached hydrogens (tertiary/aromatic N) is 3. The van der Waals surface area contributed by atoms with Crippen LogP contribution in [-0.2, 0) is 0 Å². The molecule has 4 rings (SSSR count). The average molecular weight is 404 g/mol. The van der Waals surface area contributed by atoms with E-state index >= 15 is 0 Å². The lowest BCUT2D eigenvalue weighted by Crippen LogP contribution is -2.11. The molecule has 0 atom stereocenters. The summed E-state index contributed by atoms with van der Waals surface area (Å²) in [6, 6.07) is 25.6. The number of imidazole rings is 1. The summed E-state index contributed by atoms with van der Waals surface area (Å²) in [4.78, 5) is 20.1. The van der Waals surface area contributed by atoms with Gasteiger partial charge in [0.1, 0.15) is 23.5 Å². The van der Waals surface area contributed by atoms with E-state index in [1.54, 1.807) is 24.3 Å². The Kier molecular flexibility index (Phi) is 5.42. The number of rotatable bonds is 5. The predicted octanol–water partition coefficient (Wildman–Crippen LogP) is 4.83. The molecule has 0 radical (unpaired) electrons. The third-order valence-electron chi connectivity index (χ3n) is 4.56. The lowest BCUT2D eigenvalue weighted by Gasteiger charge is -2.06. The molecule has 0 spiro atoms. The molecular weight excluding hydrogens is 388 g/mol. The van der Waals surface area contributed by atoms with E-state index in [1.807, 2.05) is 60.7 Å². The first-order valence-corrected chi connectivity index (χ1v) is 9.40. The summed E-state index contributed by atoms with van der Waals surface area (Å²) in [6.07, 6.45) is 1.36. The molecule has 148 valence electrons. The van der Waals surface area contributed by atoms with Gasteiger partial charge in [0, 0.05) is 28.7 Å². The lowest BCUT2D eigenvalue weighted by molar-refractivity contribution is 0.102. The molecule has 1 heterocycles. The van der Waals surface area contributed by atoms with Gasteiger partial charge in [0.2, 0.25) is 0 Å². The third-order valence-corrected chi connectivity index (χ3v) is 4.56. The van der Waals surface area contributed by atoms with Crippen LogP contribution in [0.2, 0.25) is 0 Å². The van der Waals surface area contributed by atoms with Gasteiger partial charge in [-0.05, 0) is 54.6 Å². The van der Waals surface area contributed by atoms with Crippen molar-refractivity contribution in [2.24, 2.45) is 0 Å². The number of aromatic amines is 1. The number of allylic oxidation sites excluding steroid dienone is 1. The first-order chi connectivity index (χ1) is 15.2. The highest BCUT2D eigenvalue weighted by atomic mass is 16.1. The minimum Gasteiger partial charge on any atom is -0.360 e. The van der Waals surface area contributed by atoms with Gasteiger partial charge in [-0.2, -0.15) is 10.5 Å². The van der Waals surface area contributed by atoms with Crippen molar-refractivity contribution in [1.29, 1.82) is 10.5 Å². The third kappa shape index (κ3) is 4.42. The fourth-order valence-corrected chi connectivity index (χ4v) is 2.99. The van der Waals surface area contributed by atoms with E-state index < -0.39 is 0 Å². The smallest absolute Gasteiger partial charge is 0.255 e. The molecule has 4 aromatic rings. The monoisotopic (exact) mass is 404 g/mol. The second-order valence-corrected chi connectivity index (χ2v) is 6.64. The molecule has 0 saturated carbocycles. The summed E-state index contributed by atoms with van der Waals surface area (Å²) in [7, 11) is 0. The number of nitriles is 2. The van der Waals surface area contributed by atoms with Gasteiger partial charge >= 0.3 is 0 Å². The Morgan fingerprint density at radius 3 is 2.35 bits per heavy atom. The fourth-order valence-electron chi connectivity index (χ4n) is 2.99. The number of amides is 1. The normalized spacial score (nSPS) is 10.0. The Hall–Kier alpha value is -4.88. The molecule has 0 aliphatic heterocycles. The Labute approximate surface area is 178 Å². The van der Waals surface area contributed by atoms with Crippen molar-refractivity contribution in [3.8, 4) is 23.5 Å². The van der Waals surface area contributed by atoms with E-state index in [0.717, 1.165) is 22.3 Å². The van der Waals surface area contributed by atoms with E-state index in [2.05, 4.69) is 20.6 Å². The molecular formula is C24H16N6O. The summed E-state index contributed by atoms with van der Waals surface area (Å²) in [6.45, 7) is 0. The molecule has 7 nitrogen and oxygen atoms in total. The van der Waals surface area contributed by atoms with Gasteiger partial charge in [-0.1, -0.05) is 18.2 Å². The standard InChI is InChI=1S/C24H16N6O/c25-13-16(14-26)15-27-20-10-11-21-22(12-20)30-23(29-21)17-6-8-19(9-7-17)28-24(31)18-4-2-1-3-5-18/h1-12,15,27H,(H,28,31)(H,29,30). The van der Waals surface area contributed by atoms with Crippen molar-refractivity contribution < 1.29 is 4.79 Å². The molecule has 0 unspecified atom stereocenters. The van der Waals surface area contributed by atoms with Crippen LogP contribution in [0.4, 0.5) is 11.4 Å². The maximum absolute atomic E-state index is 12.3. The molecule has 0 aliphatic rings. The van der Waals surface area contributed by atoms with Crippen molar-refractivity contribution in [3.05, 3.63) is 90.1 Å². The van der Waals surface area contributed by atoms with E-state index in [9.17, 15) is 4.79 Å². The predicted molar refractivity (Wildman–Crippen MR) is 119 cm³/mol. The Bertz CT molecular complexity index is 1340. The Balaban J connectivity index is 1.51. The zero-order valence-corrected chi connectivity index (χ0v) is 16.3. The molecule has 3 N–H and O–H groups in total. The number of H-pyrrole nitrogens is 1. The molecule has 0 fully saturated rings. The van der Waals surface area contributed by atoms with E-state index in [-0.39, 0.29) is 11.5 Å². The highest BCUT2D eigenvalue weighted by molar-refractivity contribution is 6.04. The minimum atomic E-state index is -0.165. The SMILES string of the molecule is N#CC(C#N)=CNc1ccc2nc(-c3ccc(NC(=O)c4ccccc4)cc3)[nH]c2c1. The zero-order valence-electron chi connectivity index (χ0n) is 16.3. The summed E-state index contributed by atoms with van der Waals surface area (Å²) < 4.78 is 0. The second-order valence-electron chi connectivity index (χ2n) is 6.64. The maximum atomic E-state index is 12.3. The van der Waals surface area contributed by atoms with Crippen molar-refractivity contribution in [1.82, 2.24) is 9.97 Å². The van der Waals surface area contributed by atoms with Gasteiger partial charge in [0.25, 0.3) is 5.91 Å². The van der Waals surface area contributed by atoms with E-state index in [0.29, 0.717) is 17.1 Å². The van der Waals surface area contributed by atoms with Crippen LogP contribution < -0.4 is 10.6 Å². The fraction of sp³-hybridized carbons (Fsp3) is 0. The number of hydrogen-bond donors (Lipinski definition) is 3. The Morgan fingerprint density at radius 1 is 0.935 bits per heavy atom. The number of nitrogens with one attached hydrogen (secondary N) is 3. The summed E-state index contributed by atoms with van der Waals surface area (Å²) in [5.74, 6) is 0.528. The van der Waals surface area contributed by atoms with Crippen molar-refractivity contribution in [2.75, 3.05) is 10.6 Å². The molecule has 0 aliphatic carbocycles. The number of carbonyl (C=O) groups is 1. The van der Waals surface area contributed by atoms with Crippen LogP contribution in [0.15, 0.2) is 84.6 Å². The minimum absolute atomic E-state index is 0.00941. The van der Waals surface area contributed by atoms with Crippen LogP contribution in [0.3, 0.4) is 0 Å². The van der Waals surface area contributed by atoms with Gasteiger partial charge in [0.05, 0.1) is 11.0 Å². The molecule has 31 heavy (non-hydrogen) atoms. The van der Waals surface area contributed by atoms with Crippen molar-refractivity contribution in [2.45, 2.75) is 0 Å². The molecule has 0 bridgehead atoms. The first kappa shape index (κ1) is 19.4. The van der Waals surface area contributed by atoms with Crippen LogP contribution in [-0.4, -0.2) is 15.9 Å². The number of carbonyl (C=O) groups excluding carboxylic acids is 1. The number of hydrogen-bond acceptors (Lipinski definition) is 5. The van der Waals surface area contributed by atoms with Crippen LogP contribution in [0.25, 0.3) is 22.4 Å². The Morgan fingerprint density at radius 2 is 1.65 bits per heavy atom. The average Bonchev–Trinajstić information content (AvgIpc) is 3.24. The topological polar surface area (TPSA) is 117 Å². The van der Waals surface area contributed by atoms with Gasteiger partial charge in [-0.3, -0.25) is 4.79 Å². The largest absolute Gasteiger partial charge is 0.360 e. The molecule has 1 amide bonds. The van der Waals surface area contributed by atoms with Gasteiger partial charge < -0.3 is 15.6 Å². The summed E-state index contributed by atoms with van der Waals surface area (Å²) >= 11 is 0. The summed E-state index contributed by atoms with van der Waals surface area (Å²) in [5, 5.41) is 23.4. The van der Waals surface area contributed by atoms with Gasteiger partial charge in [0.15, 0.2) is 0 Å². The highest BCUT2D eigenvalue weighted by Gasteiger charge is 2.08.